The number of hydrogen-bond acceptors (Lipinski definition) is 4. The van der Waals surface area contributed by atoms with Crippen molar-refractivity contribution in [1.82, 2.24) is 9.97 Å². The molecule has 0 N–H and O–H groups in total. The minimum Gasteiger partial charge on any atom is -0.442 e. The molecule has 0 amide bonds. The summed E-state index contributed by atoms with van der Waals surface area (Å²) in [5, 5.41) is 0. The number of hydrogen-bond donors (Lipinski definition) is 0. The topological polar surface area (TPSA) is 38.9 Å². The number of oxazole rings is 1. The van der Waals surface area contributed by atoms with Gasteiger partial charge >= 0.3 is 0 Å². The van der Waals surface area contributed by atoms with Gasteiger partial charge in [-0.1, -0.05) is 20.8 Å². The van der Waals surface area contributed by atoms with Crippen LogP contribution < -0.4 is 0 Å². The number of aryl methyl sites for hydroxylation is 1. The summed E-state index contributed by atoms with van der Waals surface area (Å²) in [6, 6.07) is 0. The molecule has 0 aliphatic carbocycles. The lowest BCUT2D eigenvalue weighted by Crippen LogP contribution is -2.10. The average Bonchev–Trinajstić information content (AvgIpc) is 2.71. The van der Waals surface area contributed by atoms with Gasteiger partial charge in [0.2, 0.25) is 0 Å². The van der Waals surface area contributed by atoms with Crippen molar-refractivity contribution in [2.45, 2.75) is 34.1 Å². The molecule has 3 nitrogen and oxygen atoms in total. The summed E-state index contributed by atoms with van der Waals surface area (Å²) in [6.07, 6.45) is 2.44. The second-order valence-electron chi connectivity index (χ2n) is 5.13. The van der Waals surface area contributed by atoms with Crippen molar-refractivity contribution < 1.29 is 4.42 Å². The van der Waals surface area contributed by atoms with Crippen LogP contribution in [0.3, 0.4) is 0 Å². The summed E-state index contributed by atoms with van der Waals surface area (Å²) in [5.41, 5.74) is 4.09. The highest BCUT2D eigenvalue weighted by atomic mass is 32.1. The predicted molar refractivity (Wildman–Crippen MR) is 65.5 cm³/mol. The number of thiazole rings is 1. The lowest BCUT2D eigenvalue weighted by atomic mass is 9.90. The third-order valence-electron chi connectivity index (χ3n) is 2.29. The second kappa shape index (κ2) is 4.01. The second-order valence-corrected chi connectivity index (χ2v) is 5.99. The van der Waals surface area contributed by atoms with Crippen molar-refractivity contribution in [3.8, 4) is 10.6 Å². The Hall–Kier alpha value is -1.16. The van der Waals surface area contributed by atoms with Crippen LogP contribution in [0.4, 0.5) is 0 Å². The third kappa shape index (κ3) is 2.32. The van der Waals surface area contributed by atoms with Gasteiger partial charge in [-0.05, 0) is 18.8 Å². The lowest BCUT2D eigenvalue weighted by molar-refractivity contribution is 0.406. The molecule has 0 aliphatic heterocycles. The fourth-order valence-electron chi connectivity index (χ4n) is 1.60. The maximum Gasteiger partial charge on any atom is 0.181 e. The minimum absolute atomic E-state index is 0.213. The average molecular weight is 236 g/mol. The van der Waals surface area contributed by atoms with Crippen LogP contribution in [-0.2, 0) is 6.42 Å². The molecule has 0 spiro atoms. The molecule has 0 atom stereocenters. The molecule has 0 saturated heterocycles. The Kier molecular flexibility index (Phi) is 2.84. The Balaban J connectivity index is 2.37. The number of nitrogens with zero attached hydrogens (tertiary/aromatic N) is 2. The molecule has 0 fully saturated rings. The van der Waals surface area contributed by atoms with Gasteiger partial charge in [-0.15, -0.1) is 11.3 Å². The lowest BCUT2D eigenvalue weighted by Gasteiger charge is -2.16. The van der Waals surface area contributed by atoms with E-state index >= 15 is 0 Å². The first kappa shape index (κ1) is 11.3. The maximum atomic E-state index is 5.50. The van der Waals surface area contributed by atoms with E-state index in [0.717, 1.165) is 28.4 Å². The smallest absolute Gasteiger partial charge is 0.181 e. The van der Waals surface area contributed by atoms with Gasteiger partial charge in [-0.2, -0.15) is 0 Å². The van der Waals surface area contributed by atoms with Gasteiger partial charge in [0.1, 0.15) is 0 Å². The normalized spacial score (nSPS) is 12.0. The SMILES string of the molecule is Cc1ncsc1-c1ocnc1CC(C)(C)C. The summed E-state index contributed by atoms with van der Waals surface area (Å²) >= 11 is 1.60. The van der Waals surface area contributed by atoms with Crippen LogP contribution >= 0.6 is 11.3 Å². The molecule has 2 heterocycles. The van der Waals surface area contributed by atoms with Gasteiger partial charge < -0.3 is 4.42 Å². The number of aromatic nitrogens is 2. The zero-order valence-electron chi connectivity index (χ0n) is 10.1. The Morgan fingerprint density at radius 1 is 1.31 bits per heavy atom. The summed E-state index contributed by atoms with van der Waals surface area (Å²) in [5.74, 6) is 0.884. The monoisotopic (exact) mass is 236 g/mol. The first-order valence-corrected chi connectivity index (χ1v) is 6.18. The van der Waals surface area contributed by atoms with E-state index in [4.69, 9.17) is 4.42 Å². The molecular formula is C12H16N2OS. The Morgan fingerprint density at radius 3 is 2.62 bits per heavy atom. The third-order valence-corrected chi connectivity index (χ3v) is 3.22. The molecule has 0 unspecified atom stereocenters. The predicted octanol–water partition coefficient (Wildman–Crippen LogP) is 3.70. The summed E-state index contributed by atoms with van der Waals surface area (Å²) < 4.78 is 5.50. The molecule has 0 saturated carbocycles. The minimum atomic E-state index is 0.213. The Bertz CT molecular complexity index is 479. The van der Waals surface area contributed by atoms with E-state index in [1.165, 1.54) is 6.39 Å². The highest BCUT2D eigenvalue weighted by Crippen LogP contribution is 2.32. The molecule has 0 bridgehead atoms. The van der Waals surface area contributed by atoms with E-state index in [0.29, 0.717) is 0 Å². The Morgan fingerprint density at radius 2 is 2.06 bits per heavy atom. The molecule has 0 radical (unpaired) electrons. The van der Waals surface area contributed by atoms with Crippen molar-refractivity contribution in [2.75, 3.05) is 0 Å². The van der Waals surface area contributed by atoms with Gasteiger partial charge in [0.25, 0.3) is 0 Å². The van der Waals surface area contributed by atoms with Crippen molar-refractivity contribution in [1.29, 1.82) is 0 Å². The van der Waals surface area contributed by atoms with Gasteiger partial charge in [0, 0.05) is 0 Å². The van der Waals surface area contributed by atoms with Crippen LogP contribution in [-0.4, -0.2) is 9.97 Å². The van der Waals surface area contributed by atoms with E-state index in [1.54, 1.807) is 11.3 Å². The first-order valence-electron chi connectivity index (χ1n) is 5.30. The van der Waals surface area contributed by atoms with Crippen molar-refractivity contribution in [2.24, 2.45) is 5.41 Å². The Labute approximate surface area is 99.6 Å². The molecule has 0 aliphatic rings. The van der Waals surface area contributed by atoms with Gasteiger partial charge in [-0.3, -0.25) is 0 Å². The standard InChI is InChI=1S/C12H16N2OS/c1-8-11(16-7-14-8)10-9(13-6-15-10)5-12(2,3)4/h6-7H,5H2,1-4H3. The summed E-state index contributed by atoms with van der Waals surface area (Å²) in [6.45, 7) is 8.59. The molecule has 0 aromatic carbocycles. The van der Waals surface area contributed by atoms with Gasteiger partial charge in [0.15, 0.2) is 12.2 Å². The fraction of sp³-hybridized carbons (Fsp3) is 0.500. The van der Waals surface area contributed by atoms with E-state index in [2.05, 4.69) is 30.7 Å². The quantitative estimate of drug-likeness (QED) is 0.798. The summed E-state index contributed by atoms with van der Waals surface area (Å²) in [4.78, 5) is 9.65. The van der Waals surface area contributed by atoms with Crippen LogP contribution in [0.5, 0.6) is 0 Å². The molecule has 16 heavy (non-hydrogen) atoms. The molecular weight excluding hydrogens is 220 g/mol. The highest BCUT2D eigenvalue weighted by molar-refractivity contribution is 7.13. The van der Waals surface area contributed by atoms with E-state index in [9.17, 15) is 0 Å². The molecule has 2 aromatic heterocycles. The van der Waals surface area contributed by atoms with Crippen molar-refractivity contribution in [3.63, 3.8) is 0 Å². The zero-order chi connectivity index (χ0) is 11.8. The molecule has 2 aromatic rings. The highest BCUT2D eigenvalue weighted by Gasteiger charge is 2.20. The largest absolute Gasteiger partial charge is 0.442 e. The van der Waals surface area contributed by atoms with Crippen LogP contribution in [0, 0.1) is 12.3 Å². The molecule has 2 rings (SSSR count). The zero-order valence-corrected chi connectivity index (χ0v) is 10.9. The first-order chi connectivity index (χ1) is 7.47. The van der Waals surface area contributed by atoms with Crippen LogP contribution in [0.25, 0.3) is 10.6 Å². The fourth-order valence-corrected chi connectivity index (χ4v) is 2.41. The molecule has 4 heteroatoms. The van der Waals surface area contributed by atoms with Crippen LogP contribution in [0.1, 0.15) is 32.2 Å². The van der Waals surface area contributed by atoms with E-state index in [-0.39, 0.29) is 5.41 Å². The van der Waals surface area contributed by atoms with E-state index < -0.39 is 0 Å². The van der Waals surface area contributed by atoms with Gasteiger partial charge in [-0.25, -0.2) is 9.97 Å². The van der Waals surface area contributed by atoms with Crippen LogP contribution in [0.15, 0.2) is 16.3 Å². The maximum absolute atomic E-state index is 5.50. The summed E-state index contributed by atoms with van der Waals surface area (Å²) in [7, 11) is 0. The van der Waals surface area contributed by atoms with E-state index in [1.807, 2.05) is 12.4 Å². The van der Waals surface area contributed by atoms with Crippen LogP contribution in [0.2, 0.25) is 0 Å². The molecule has 86 valence electrons. The van der Waals surface area contributed by atoms with Crippen molar-refractivity contribution >= 4 is 11.3 Å². The number of rotatable bonds is 2. The van der Waals surface area contributed by atoms with Gasteiger partial charge in [0.05, 0.1) is 21.8 Å². The van der Waals surface area contributed by atoms with Crippen molar-refractivity contribution in [3.05, 3.63) is 23.3 Å².